The highest BCUT2D eigenvalue weighted by Crippen LogP contribution is 2.38. The third-order valence-electron chi connectivity index (χ3n) is 3.97. The number of amides is 1. The van der Waals surface area contributed by atoms with E-state index < -0.39 is 0 Å². The molecule has 1 aliphatic heterocycles. The van der Waals surface area contributed by atoms with Crippen molar-refractivity contribution in [3.05, 3.63) is 33.5 Å². The lowest BCUT2D eigenvalue weighted by molar-refractivity contribution is 0.0936. The zero-order chi connectivity index (χ0) is 15.3. The van der Waals surface area contributed by atoms with E-state index in [1.54, 1.807) is 11.3 Å². The summed E-state index contributed by atoms with van der Waals surface area (Å²) in [7, 11) is 1.92. The lowest BCUT2D eigenvalue weighted by atomic mass is 10.1. The van der Waals surface area contributed by atoms with Crippen LogP contribution >= 0.6 is 11.3 Å². The Kier molecular flexibility index (Phi) is 3.28. The molecule has 1 atom stereocenters. The molecule has 3 rings (SSSR count). The Morgan fingerprint density at radius 2 is 2.05 bits per heavy atom. The second-order valence-corrected chi connectivity index (χ2v) is 6.89. The van der Waals surface area contributed by atoms with Gasteiger partial charge < -0.3 is 10.6 Å². The first kappa shape index (κ1) is 14.1. The normalized spacial score (nSPS) is 17.6. The third kappa shape index (κ3) is 2.23. The van der Waals surface area contributed by atoms with Gasteiger partial charge in [-0.1, -0.05) is 13.8 Å². The number of fused-ring (bicyclic) bond motifs is 1. The van der Waals surface area contributed by atoms with Crippen molar-refractivity contribution < 1.29 is 4.79 Å². The number of thiophene rings is 1. The number of hydrogen-bond donors (Lipinski definition) is 2. The van der Waals surface area contributed by atoms with Gasteiger partial charge >= 0.3 is 0 Å². The highest BCUT2D eigenvalue weighted by Gasteiger charge is 2.30. The number of nitrogens with zero attached hydrogens (tertiary/aromatic N) is 2. The zero-order valence-corrected chi connectivity index (χ0v) is 13.8. The quantitative estimate of drug-likeness (QED) is 0.896. The number of nitrogens with one attached hydrogen (secondary N) is 2. The molecule has 1 aliphatic rings. The van der Waals surface area contributed by atoms with Crippen LogP contribution in [0.25, 0.3) is 0 Å². The summed E-state index contributed by atoms with van der Waals surface area (Å²) < 4.78 is 1.85. The summed E-state index contributed by atoms with van der Waals surface area (Å²) in [6.45, 7) is 8.27. The number of aryl methyl sites for hydroxylation is 2. The number of carbonyl (C=O) groups excluding carboxylic acids is 1. The maximum Gasteiger partial charge on any atom is 0.256 e. The predicted octanol–water partition coefficient (Wildman–Crippen LogP) is 3.08. The van der Waals surface area contributed by atoms with Crippen molar-refractivity contribution in [3.63, 3.8) is 0 Å². The van der Waals surface area contributed by atoms with E-state index in [9.17, 15) is 4.79 Å². The summed E-state index contributed by atoms with van der Waals surface area (Å²) in [6, 6.07) is 1.99. The van der Waals surface area contributed by atoms with Gasteiger partial charge in [0.25, 0.3) is 5.91 Å². The summed E-state index contributed by atoms with van der Waals surface area (Å²) >= 11 is 1.66. The molecular weight excluding hydrogens is 284 g/mol. The molecule has 0 saturated heterocycles. The molecule has 3 heterocycles. The van der Waals surface area contributed by atoms with E-state index in [1.807, 2.05) is 31.6 Å². The molecule has 0 saturated carbocycles. The first-order chi connectivity index (χ1) is 9.88. The van der Waals surface area contributed by atoms with Crippen LogP contribution in [0.4, 0.5) is 5.00 Å². The van der Waals surface area contributed by atoms with Gasteiger partial charge in [-0.15, -0.1) is 11.3 Å². The molecule has 112 valence electrons. The van der Waals surface area contributed by atoms with Gasteiger partial charge in [-0.3, -0.25) is 9.48 Å². The van der Waals surface area contributed by atoms with Crippen LogP contribution in [0.5, 0.6) is 0 Å². The number of carbonyl (C=O) groups is 1. The van der Waals surface area contributed by atoms with Gasteiger partial charge in [0.1, 0.15) is 11.2 Å². The van der Waals surface area contributed by atoms with E-state index in [0.717, 1.165) is 27.5 Å². The summed E-state index contributed by atoms with van der Waals surface area (Å²) in [5.74, 6) is 0.412. The van der Waals surface area contributed by atoms with Gasteiger partial charge in [0.15, 0.2) is 0 Å². The van der Waals surface area contributed by atoms with Crippen molar-refractivity contribution in [1.29, 1.82) is 0 Å². The second-order valence-electron chi connectivity index (χ2n) is 5.81. The molecule has 2 N–H and O–H groups in total. The summed E-state index contributed by atoms with van der Waals surface area (Å²) in [6.07, 6.45) is -0.211. The SMILES string of the molecule is Cc1nn(C)c(C)c1C1NC(=O)c2cc(C(C)C)sc2N1. The monoisotopic (exact) mass is 304 g/mol. The van der Waals surface area contributed by atoms with Crippen LogP contribution in [0.15, 0.2) is 6.07 Å². The van der Waals surface area contributed by atoms with Crippen molar-refractivity contribution in [2.24, 2.45) is 7.05 Å². The van der Waals surface area contributed by atoms with E-state index >= 15 is 0 Å². The lowest BCUT2D eigenvalue weighted by Crippen LogP contribution is -2.38. The van der Waals surface area contributed by atoms with Gasteiger partial charge in [-0.2, -0.15) is 5.10 Å². The summed E-state index contributed by atoms with van der Waals surface area (Å²) in [4.78, 5) is 13.6. The predicted molar refractivity (Wildman–Crippen MR) is 84.9 cm³/mol. The molecule has 0 bridgehead atoms. The van der Waals surface area contributed by atoms with Crippen molar-refractivity contribution in [2.75, 3.05) is 5.32 Å². The number of anilines is 1. The minimum absolute atomic E-state index is 0.0143. The van der Waals surface area contributed by atoms with Crippen LogP contribution in [0.2, 0.25) is 0 Å². The molecule has 0 aliphatic carbocycles. The molecular formula is C15H20N4OS. The largest absolute Gasteiger partial charge is 0.352 e. The Balaban J connectivity index is 2.00. The fourth-order valence-electron chi connectivity index (χ4n) is 2.70. The summed E-state index contributed by atoms with van der Waals surface area (Å²) in [5.41, 5.74) is 3.81. The molecule has 21 heavy (non-hydrogen) atoms. The summed E-state index contributed by atoms with van der Waals surface area (Å²) in [5, 5.41) is 11.9. The smallest absolute Gasteiger partial charge is 0.256 e. The van der Waals surface area contributed by atoms with Crippen molar-refractivity contribution in [3.8, 4) is 0 Å². The molecule has 1 amide bonds. The highest BCUT2D eigenvalue weighted by atomic mass is 32.1. The van der Waals surface area contributed by atoms with E-state index in [2.05, 4.69) is 29.6 Å². The van der Waals surface area contributed by atoms with E-state index in [1.165, 1.54) is 4.88 Å². The van der Waals surface area contributed by atoms with Crippen molar-refractivity contribution in [1.82, 2.24) is 15.1 Å². The van der Waals surface area contributed by atoms with E-state index in [-0.39, 0.29) is 12.1 Å². The Morgan fingerprint density at radius 3 is 2.62 bits per heavy atom. The van der Waals surface area contributed by atoms with Crippen LogP contribution in [0.3, 0.4) is 0 Å². The van der Waals surface area contributed by atoms with Crippen LogP contribution in [0.1, 0.15) is 58.1 Å². The topological polar surface area (TPSA) is 59.0 Å². The first-order valence-electron chi connectivity index (χ1n) is 7.09. The van der Waals surface area contributed by atoms with Gasteiger partial charge in [-0.25, -0.2) is 0 Å². The van der Waals surface area contributed by atoms with Gasteiger partial charge in [0, 0.05) is 23.2 Å². The maximum atomic E-state index is 12.4. The van der Waals surface area contributed by atoms with E-state index in [4.69, 9.17) is 0 Å². The van der Waals surface area contributed by atoms with Crippen molar-refractivity contribution >= 4 is 22.2 Å². The molecule has 0 fully saturated rings. The minimum Gasteiger partial charge on any atom is -0.352 e. The van der Waals surface area contributed by atoms with Gasteiger partial charge in [0.05, 0.1) is 11.3 Å². The molecule has 0 aromatic carbocycles. The van der Waals surface area contributed by atoms with Crippen LogP contribution in [-0.4, -0.2) is 15.7 Å². The standard InChI is InChI=1S/C15H20N4OS/c1-7(2)11-6-10-14(20)16-13(17-15(10)21-11)12-8(3)18-19(5)9(12)4/h6-7,13,17H,1-5H3,(H,16,20). The lowest BCUT2D eigenvalue weighted by Gasteiger charge is -2.26. The molecule has 0 radical (unpaired) electrons. The Hall–Kier alpha value is -1.82. The fourth-order valence-corrected chi connectivity index (χ4v) is 3.79. The Morgan fingerprint density at radius 1 is 1.33 bits per heavy atom. The van der Waals surface area contributed by atoms with Gasteiger partial charge in [0.2, 0.25) is 0 Å². The number of aromatic nitrogens is 2. The maximum absolute atomic E-state index is 12.4. The fraction of sp³-hybridized carbons (Fsp3) is 0.467. The second kappa shape index (κ2) is 4.87. The molecule has 6 heteroatoms. The Labute approximate surface area is 128 Å². The zero-order valence-electron chi connectivity index (χ0n) is 12.9. The number of hydrogen-bond acceptors (Lipinski definition) is 4. The van der Waals surface area contributed by atoms with Crippen LogP contribution in [0, 0.1) is 13.8 Å². The molecule has 2 aromatic rings. The molecule has 1 unspecified atom stereocenters. The average molecular weight is 304 g/mol. The van der Waals surface area contributed by atoms with Gasteiger partial charge in [-0.05, 0) is 25.8 Å². The van der Waals surface area contributed by atoms with Crippen molar-refractivity contribution in [2.45, 2.75) is 39.8 Å². The molecule has 5 nitrogen and oxygen atoms in total. The third-order valence-corrected chi connectivity index (χ3v) is 5.34. The molecule has 0 spiro atoms. The minimum atomic E-state index is -0.211. The highest BCUT2D eigenvalue weighted by molar-refractivity contribution is 7.16. The average Bonchev–Trinajstić information content (AvgIpc) is 2.92. The van der Waals surface area contributed by atoms with E-state index in [0.29, 0.717) is 5.92 Å². The number of rotatable bonds is 2. The first-order valence-corrected chi connectivity index (χ1v) is 7.91. The molecule has 2 aromatic heterocycles. The Bertz CT molecular complexity index is 714. The van der Waals surface area contributed by atoms with Crippen LogP contribution < -0.4 is 10.6 Å². The van der Waals surface area contributed by atoms with Crippen LogP contribution in [-0.2, 0) is 7.05 Å².